The Kier molecular flexibility index (Phi) is 11.5. The molecule has 0 saturated carbocycles. The monoisotopic (exact) mass is 458 g/mol. The number of H-pyrrole nitrogens is 1. The van der Waals surface area contributed by atoms with Crippen LogP contribution >= 0.6 is 0 Å². The molecule has 180 valence electrons. The van der Waals surface area contributed by atoms with Gasteiger partial charge in [-0.25, -0.2) is 14.6 Å². The number of aromatic amines is 1. The summed E-state index contributed by atoms with van der Waals surface area (Å²) >= 11 is 0. The highest BCUT2D eigenvalue weighted by Crippen LogP contribution is 2.07. The number of unbranched alkanes of at least 4 members (excludes halogenated alkanes) is 5. The fourth-order valence-electron chi connectivity index (χ4n) is 3.38. The Morgan fingerprint density at radius 2 is 1.73 bits per heavy atom. The number of benzene rings is 1. The van der Waals surface area contributed by atoms with Crippen molar-refractivity contribution in [2.75, 3.05) is 6.61 Å². The lowest BCUT2D eigenvalue weighted by Gasteiger charge is -2.21. The van der Waals surface area contributed by atoms with E-state index in [1.165, 1.54) is 31.8 Å². The van der Waals surface area contributed by atoms with E-state index in [1.807, 2.05) is 30.3 Å². The standard InChI is InChI=1S/C24H34N4O5/c1-2-3-4-5-6-10-13-33-24(32)28-20(14-18-11-8-7-9-12-18)22(29)27-21(23(30)31)15-19-16-25-17-26-19/h7-9,11-12,16-17,20-21H,2-6,10,13-15H2,1H3,(H,25,26)(H,27,29)(H,28,32)(H,30,31)/t20-,21-/m0/s1. The number of carboxylic acid groups (broad SMARTS) is 1. The summed E-state index contributed by atoms with van der Waals surface area (Å²) in [6.07, 6.45) is 8.89. The molecule has 2 atom stereocenters. The minimum Gasteiger partial charge on any atom is -0.480 e. The first-order valence-corrected chi connectivity index (χ1v) is 11.5. The van der Waals surface area contributed by atoms with E-state index in [1.54, 1.807) is 0 Å². The molecule has 0 radical (unpaired) electrons. The van der Waals surface area contributed by atoms with Gasteiger partial charge in [0.05, 0.1) is 12.9 Å². The summed E-state index contributed by atoms with van der Waals surface area (Å²) in [6.45, 7) is 2.43. The number of carbonyl (C=O) groups excluding carboxylic acids is 2. The Morgan fingerprint density at radius 1 is 1.00 bits per heavy atom. The zero-order valence-electron chi connectivity index (χ0n) is 19.1. The summed E-state index contributed by atoms with van der Waals surface area (Å²) < 4.78 is 5.24. The van der Waals surface area contributed by atoms with E-state index in [0.717, 1.165) is 24.8 Å². The zero-order valence-corrected chi connectivity index (χ0v) is 19.1. The SMILES string of the molecule is CCCCCCCCOC(=O)N[C@@H](Cc1ccccc1)C(=O)N[C@@H](Cc1cnc[nH]1)C(=O)O. The Hall–Kier alpha value is -3.36. The van der Waals surface area contributed by atoms with Gasteiger partial charge in [0.15, 0.2) is 0 Å². The summed E-state index contributed by atoms with van der Waals surface area (Å²) in [5.41, 5.74) is 1.41. The molecule has 0 spiro atoms. The average molecular weight is 459 g/mol. The number of carboxylic acids is 1. The summed E-state index contributed by atoms with van der Waals surface area (Å²) in [4.78, 5) is 43.6. The van der Waals surface area contributed by atoms with Crippen molar-refractivity contribution in [2.24, 2.45) is 0 Å². The molecule has 0 fully saturated rings. The normalized spacial score (nSPS) is 12.5. The number of carbonyl (C=O) groups is 3. The molecule has 9 nitrogen and oxygen atoms in total. The van der Waals surface area contributed by atoms with Crippen LogP contribution in [0, 0.1) is 0 Å². The molecular formula is C24H34N4O5. The molecule has 2 rings (SSSR count). The van der Waals surface area contributed by atoms with E-state index in [9.17, 15) is 19.5 Å². The lowest BCUT2D eigenvalue weighted by Crippen LogP contribution is -2.53. The van der Waals surface area contributed by atoms with Gasteiger partial charge in [0.2, 0.25) is 5.91 Å². The first-order valence-electron chi connectivity index (χ1n) is 11.5. The third-order valence-electron chi connectivity index (χ3n) is 5.22. The van der Waals surface area contributed by atoms with Crippen LogP contribution in [0.25, 0.3) is 0 Å². The topological polar surface area (TPSA) is 133 Å². The van der Waals surface area contributed by atoms with E-state index in [2.05, 4.69) is 27.5 Å². The number of amides is 2. The lowest BCUT2D eigenvalue weighted by molar-refractivity contribution is -0.142. The van der Waals surface area contributed by atoms with Crippen molar-refractivity contribution < 1.29 is 24.2 Å². The summed E-state index contributed by atoms with van der Waals surface area (Å²) in [5.74, 6) is -1.77. The highest BCUT2D eigenvalue weighted by Gasteiger charge is 2.27. The Morgan fingerprint density at radius 3 is 2.39 bits per heavy atom. The minimum atomic E-state index is -1.18. The van der Waals surface area contributed by atoms with E-state index in [0.29, 0.717) is 5.69 Å². The largest absolute Gasteiger partial charge is 0.480 e. The first kappa shape index (κ1) is 25.9. The number of nitrogens with one attached hydrogen (secondary N) is 3. The molecule has 2 aromatic rings. The second-order valence-electron chi connectivity index (χ2n) is 7.97. The highest BCUT2D eigenvalue weighted by atomic mass is 16.5. The molecule has 0 aliphatic heterocycles. The molecule has 0 aliphatic carbocycles. The molecule has 0 unspecified atom stereocenters. The number of nitrogens with zero attached hydrogens (tertiary/aromatic N) is 1. The van der Waals surface area contributed by atoms with Crippen molar-refractivity contribution in [3.8, 4) is 0 Å². The maximum Gasteiger partial charge on any atom is 0.407 e. The molecule has 0 aliphatic rings. The van der Waals surface area contributed by atoms with E-state index in [4.69, 9.17) is 4.74 Å². The van der Waals surface area contributed by atoms with Crippen molar-refractivity contribution in [1.82, 2.24) is 20.6 Å². The predicted molar refractivity (Wildman–Crippen MR) is 124 cm³/mol. The molecule has 1 aromatic heterocycles. The van der Waals surface area contributed by atoms with Crippen LogP contribution in [-0.2, 0) is 27.2 Å². The van der Waals surface area contributed by atoms with Gasteiger partial charge in [-0.05, 0) is 12.0 Å². The number of aliphatic carboxylic acids is 1. The van der Waals surface area contributed by atoms with E-state index in [-0.39, 0.29) is 19.4 Å². The molecule has 0 bridgehead atoms. The van der Waals surface area contributed by atoms with Crippen molar-refractivity contribution >= 4 is 18.0 Å². The van der Waals surface area contributed by atoms with Crippen molar-refractivity contribution in [3.63, 3.8) is 0 Å². The molecule has 9 heteroatoms. The van der Waals surface area contributed by atoms with Crippen LogP contribution in [0.2, 0.25) is 0 Å². The Labute approximate surface area is 194 Å². The minimum absolute atomic E-state index is 0.0433. The van der Waals surface area contributed by atoms with E-state index >= 15 is 0 Å². The van der Waals surface area contributed by atoms with Gasteiger partial charge in [0, 0.05) is 24.7 Å². The summed E-state index contributed by atoms with van der Waals surface area (Å²) in [5, 5.41) is 14.6. The third-order valence-corrected chi connectivity index (χ3v) is 5.22. The number of aromatic nitrogens is 2. The van der Waals surface area contributed by atoms with Gasteiger partial charge in [0.1, 0.15) is 12.1 Å². The van der Waals surface area contributed by atoms with Gasteiger partial charge >= 0.3 is 12.1 Å². The molecule has 33 heavy (non-hydrogen) atoms. The quantitative estimate of drug-likeness (QED) is 0.303. The van der Waals surface area contributed by atoms with Gasteiger partial charge in [-0.15, -0.1) is 0 Å². The number of hydrogen-bond donors (Lipinski definition) is 4. The number of imidazole rings is 1. The fourth-order valence-corrected chi connectivity index (χ4v) is 3.38. The first-order chi connectivity index (χ1) is 16.0. The van der Waals surface area contributed by atoms with Crippen LogP contribution < -0.4 is 10.6 Å². The summed E-state index contributed by atoms with van der Waals surface area (Å²) in [7, 11) is 0. The van der Waals surface area contributed by atoms with Gasteiger partial charge in [-0.1, -0.05) is 69.4 Å². The highest BCUT2D eigenvalue weighted by molar-refractivity contribution is 5.89. The van der Waals surface area contributed by atoms with Crippen LogP contribution in [0.15, 0.2) is 42.9 Å². The molecule has 1 aromatic carbocycles. The zero-order chi connectivity index (χ0) is 23.9. The van der Waals surface area contributed by atoms with Crippen molar-refractivity contribution in [2.45, 2.75) is 70.4 Å². The van der Waals surface area contributed by atoms with Crippen LogP contribution in [0.4, 0.5) is 4.79 Å². The molecule has 4 N–H and O–H groups in total. The van der Waals surface area contributed by atoms with Gasteiger partial charge in [-0.3, -0.25) is 4.79 Å². The maximum absolute atomic E-state index is 12.9. The van der Waals surface area contributed by atoms with Crippen molar-refractivity contribution in [1.29, 1.82) is 0 Å². The lowest BCUT2D eigenvalue weighted by atomic mass is 10.0. The molecular weight excluding hydrogens is 424 g/mol. The smallest absolute Gasteiger partial charge is 0.407 e. The second kappa shape index (κ2) is 14.7. The number of ether oxygens (including phenoxy) is 1. The third kappa shape index (κ3) is 10.2. The fraction of sp³-hybridized carbons (Fsp3) is 0.500. The number of rotatable bonds is 15. The van der Waals surface area contributed by atoms with Crippen LogP contribution in [0.5, 0.6) is 0 Å². The van der Waals surface area contributed by atoms with Crippen LogP contribution in [0.3, 0.4) is 0 Å². The Bertz CT molecular complexity index is 842. The van der Waals surface area contributed by atoms with Crippen LogP contribution in [0.1, 0.15) is 56.7 Å². The number of hydrogen-bond acceptors (Lipinski definition) is 5. The predicted octanol–water partition coefficient (Wildman–Crippen LogP) is 3.22. The molecule has 2 amide bonds. The van der Waals surface area contributed by atoms with Gasteiger partial charge in [-0.2, -0.15) is 0 Å². The van der Waals surface area contributed by atoms with E-state index < -0.39 is 30.1 Å². The average Bonchev–Trinajstić information content (AvgIpc) is 3.31. The maximum atomic E-state index is 12.9. The second-order valence-corrected chi connectivity index (χ2v) is 7.97. The molecule has 0 saturated heterocycles. The van der Waals surface area contributed by atoms with Crippen molar-refractivity contribution in [3.05, 3.63) is 54.1 Å². The van der Waals surface area contributed by atoms with Crippen LogP contribution in [-0.4, -0.2) is 51.7 Å². The van der Waals surface area contributed by atoms with Gasteiger partial charge in [0.25, 0.3) is 0 Å². The Balaban J connectivity index is 1.93. The molecule has 1 heterocycles. The van der Waals surface area contributed by atoms with Gasteiger partial charge < -0.3 is 25.5 Å². The summed E-state index contributed by atoms with van der Waals surface area (Å²) in [6, 6.07) is 7.04. The number of alkyl carbamates (subject to hydrolysis) is 1.